The van der Waals surface area contributed by atoms with E-state index in [2.05, 4.69) is 261 Å². The molecule has 85 heavy (non-hydrogen) atoms. The van der Waals surface area contributed by atoms with Crippen molar-refractivity contribution >= 4 is 124 Å². The van der Waals surface area contributed by atoms with Crippen LogP contribution in [0.25, 0.3) is 55.0 Å². The van der Waals surface area contributed by atoms with Crippen molar-refractivity contribution in [1.29, 1.82) is 0 Å². The molecule has 4 aliphatic heterocycles. The zero-order valence-corrected chi connectivity index (χ0v) is 49.4. The van der Waals surface area contributed by atoms with Gasteiger partial charge in [0.25, 0.3) is 6.71 Å². The minimum Gasteiger partial charge on any atom is -0.454 e. The summed E-state index contributed by atoms with van der Waals surface area (Å²) in [4.78, 5) is 10.8. The molecule has 0 spiro atoms. The quantitative estimate of drug-likeness (QED) is 0.160. The number of anilines is 10. The summed E-state index contributed by atoms with van der Waals surface area (Å²) >= 11 is 0. The van der Waals surface area contributed by atoms with Crippen molar-refractivity contribution in [2.45, 2.75) is 115 Å². The van der Waals surface area contributed by atoms with Crippen molar-refractivity contribution in [1.82, 2.24) is 0 Å². The van der Waals surface area contributed by atoms with E-state index in [1.807, 2.05) is 0 Å². The molecule has 414 valence electrons. The van der Waals surface area contributed by atoms with Gasteiger partial charge in [0.1, 0.15) is 11.2 Å². The summed E-state index contributed by atoms with van der Waals surface area (Å²) in [5.41, 5.74) is 26.7. The topological polar surface area (TPSA) is 39.2 Å². The molecule has 2 aromatic heterocycles. The molecular weight excluding hydrogens is 1040 g/mol. The predicted molar refractivity (Wildman–Crippen MR) is 356 cm³/mol. The Morgan fingerprint density at radius 1 is 0.388 bits per heavy atom. The second-order valence-corrected chi connectivity index (χ2v) is 26.7. The smallest absolute Gasteiger partial charge is 0.252 e. The average molecular weight is 1100 g/mol. The van der Waals surface area contributed by atoms with Gasteiger partial charge in [0.15, 0.2) is 11.2 Å². The molecule has 0 saturated heterocycles. The first-order valence-corrected chi connectivity index (χ1v) is 31.2. The van der Waals surface area contributed by atoms with Gasteiger partial charge in [0.2, 0.25) is 0 Å². The van der Waals surface area contributed by atoms with Gasteiger partial charge in [-0.3, -0.25) is 0 Å². The van der Waals surface area contributed by atoms with E-state index in [-0.39, 0.29) is 28.6 Å². The molecule has 6 heterocycles. The van der Waals surface area contributed by atoms with Crippen LogP contribution in [-0.2, 0) is 10.8 Å². The van der Waals surface area contributed by atoms with Crippen LogP contribution in [0.3, 0.4) is 0 Å². The van der Waals surface area contributed by atoms with Crippen molar-refractivity contribution in [3.05, 3.63) is 222 Å². The minimum absolute atomic E-state index is 0.0114. The SMILES string of the molecule is Cc1cc(C)c2c(c1)N(c1cc3c4c(c1)N(c1cccc5c1oc1ccccc15)c1cc(N5c6ccccc6C6(C)CCCCC56C)ccc1B4c1cc(-c4ccccc4)ccc1N3c1cccc3c1oc1ccccc13)C1(C)CCCCC21C. The van der Waals surface area contributed by atoms with Crippen LogP contribution in [0.5, 0.6) is 0 Å². The molecule has 2 saturated carbocycles. The summed E-state index contributed by atoms with van der Waals surface area (Å²) in [5.74, 6) is 0. The number of hydrogen-bond acceptors (Lipinski definition) is 6. The lowest BCUT2D eigenvalue weighted by Crippen LogP contribution is -2.61. The van der Waals surface area contributed by atoms with Gasteiger partial charge in [-0.05, 0) is 170 Å². The number of para-hydroxylation sites is 5. The molecule has 7 heteroatoms. The molecule has 0 amide bonds. The molecular formula is C78H67BN4O2. The van der Waals surface area contributed by atoms with Gasteiger partial charge in [0, 0.05) is 77.9 Å². The van der Waals surface area contributed by atoms with Crippen molar-refractivity contribution in [3.63, 3.8) is 0 Å². The molecule has 0 bridgehead atoms. The fourth-order valence-corrected chi connectivity index (χ4v) is 18.3. The Balaban J connectivity index is 0.994. The highest BCUT2D eigenvalue weighted by Crippen LogP contribution is 2.64. The molecule has 6 nitrogen and oxygen atoms in total. The van der Waals surface area contributed by atoms with Gasteiger partial charge in [-0.1, -0.05) is 173 Å². The van der Waals surface area contributed by atoms with E-state index in [0.717, 1.165) is 91.6 Å². The summed E-state index contributed by atoms with van der Waals surface area (Å²) in [6, 6.07) is 75.9. The van der Waals surface area contributed by atoms with Gasteiger partial charge in [-0.2, -0.15) is 0 Å². The standard InChI is InChI=1S/C78H67BN4O2/c1-48-42-49(2)71-66(43-48)83(78(6)41-19-17-39-76(71,78)4)53-46-67-72-68(47-53)81(64-31-21-27-57-55-25-11-15-33-70(55)85-74(57)64)65-45-52(82-61-29-13-12-28-58(61)75(3)38-16-18-40-77(75,82)5)35-36-59(65)79(72)60-44-51(50-22-8-7-9-23-50)34-37-62(60)80(67)63-30-20-26-56-54-24-10-14-32-69(54)84-73(56)63/h7-15,20-37,42-47H,16-19,38-41H2,1-6H3. The number of rotatable bonds is 5. The Bertz CT molecular complexity index is 4850. The fraction of sp³-hybridized carbons (Fsp3) is 0.231. The van der Waals surface area contributed by atoms with Crippen molar-refractivity contribution in [2.75, 3.05) is 19.6 Å². The Kier molecular flexibility index (Phi) is 10.1. The van der Waals surface area contributed by atoms with E-state index in [9.17, 15) is 0 Å². The van der Waals surface area contributed by atoms with Crippen LogP contribution in [-0.4, -0.2) is 17.8 Å². The maximum atomic E-state index is 7.25. The zero-order chi connectivity index (χ0) is 56.9. The monoisotopic (exact) mass is 1100 g/mol. The first-order valence-electron chi connectivity index (χ1n) is 31.2. The minimum atomic E-state index is -0.220. The maximum absolute atomic E-state index is 7.25. The third kappa shape index (κ3) is 6.41. The highest BCUT2D eigenvalue weighted by atomic mass is 16.3. The van der Waals surface area contributed by atoms with Gasteiger partial charge >= 0.3 is 0 Å². The Hall–Kier alpha value is -8.94. The fourth-order valence-electron chi connectivity index (χ4n) is 18.3. The summed E-state index contributed by atoms with van der Waals surface area (Å²) in [6.07, 6.45) is 9.35. The lowest BCUT2D eigenvalue weighted by Gasteiger charge is -2.51. The second kappa shape index (κ2) is 17.3. The molecule has 2 aliphatic carbocycles. The summed E-state index contributed by atoms with van der Waals surface area (Å²) in [5, 5.41) is 4.45. The lowest BCUT2D eigenvalue weighted by molar-refractivity contribution is 0.194. The van der Waals surface area contributed by atoms with E-state index >= 15 is 0 Å². The third-order valence-electron chi connectivity index (χ3n) is 22.4. The van der Waals surface area contributed by atoms with Crippen LogP contribution in [0, 0.1) is 13.8 Å². The molecule has 4 unspecified atom stereocenters. The van der Waals surface area contributed by atoms with E-state index < -0.39 is 0 Å². The normalized spacial score (nSPS) is 22.6. The number of hydrogen-bond donors (Lipinski definition) is 0. The Morgan fingerprint density at radius 3 is 1.64 bits per heavy atom. The molecule has 10 aromatic carbocycles. The summed E-state index contributed by atoms with van der Waals surface area (Å²) in [7, 11) is 0. The molecule has 6 aliphatic rings. The van der Waals surface area contributed by atoms with Gasteiger partial charge in [-0.15, -0.1) is 0 Å². The Morgan fingerprint density at radius 2 is 0.941 bits per heavy atom. The first-order chi connectivity index (χ1) is 41.5. The largest absolute Gasteiger partial charge is 0.454 e. The van der Waals surface area contributed by atoms with Crippen LogP contribution in [0.4, 0.5) is 56.9 Å². The highest BCUT2D eigenvalue weighted by molar-refractivity contribution is 7.00. The van der Waals surface area contributed by atoms with Crippen LogP contribution in [0.1, 0.15) is 101 Å². The molecule has 18 rings (SSSR count). The number of fused-ring (bicyclic) bond motifs is 16. The molecule has 0 radical (unpaired) electrons. The number of aryl methyl sites for hydroxylation is 2. The van der Waals surface area contributed by atoms with Crippen LogP contribution >= 0.6 is 0 Å². The summed E-state index contributed by atoms with van der Waals surface area (Å²) in [6.45, 7) is 14.8. The van der Waals surface area contributed by atoms with Crippen LogP contribution in [0.2, 0.25) is 0 Å². The molecule has 2 fully saturated rings. The van der Waals surface area contributed by atoms with Crippen LogP contribution < -0.4 is 36.0 Å². The number of nitrogens with zero attached hydrogens (tertiary/aromatic N) is 4. The first kappa shape index (κ1) is 49.5. The zero-order valence-electron chi connectivity index (χ0n) is 49.4. The van der Waals surface area contributed by atoms with Crippen molar-refractivity contribution < 1.29 is 8.83 Å². The van der Waals surface area contributed by atoms with Gasteiger partial charge in [-0.25, -0.2) is 0 Å². The maximum Gasteiger partial charge on any atom is 0.252 e. The Labute approximate surface area is 498 Å². The van der Waals surface area contributed by atoms with E-state index in [0.29, 0.717) is 0 Å². The van der Waals surface area contributed by atoms with Crippen molar-refractivity contribution in [2.24, 2.45) is 0 Å². The van der Waals surface area contributed by atoms with E-state index in [4.69, 9.17) is 8.83 Å². The van der Waals surface area contributed by atoms with E-state index in [1.165, 1.54) is 110 Å². The predicted octanol–water partition coefficient (Wildman–Crippen LogP) is 19.3. The lowest BCUT2D eigenvalue weighted by atomic mass is 9.33. The van der Waals surface area contributed by atoms with Gasteiger partial charge in [0.05, 0.1) is 22.5 Å². The third-order valence-corrected chi connectivity index (χ3v) is 22.4. The second-order valence-electron chi connectivity index (χ2n) is 26.7. The number of benzene rings is 10. The van der Waals surface area contributed by atoms with Crippen molar-refractivity contribution in [3.8, 4) is 11.1 Å². The molecule has 12 aromatic rings. The molecule has 0 N–H and O–H groups in total. The highest BCUT2D eigenvalue weighted by Gasteiger charge is 2.60. The summed E-state index contributed by atoms with van der Waals surface area (Å²) < 4.78 is 14.4. The number of furan rings is 2. The molecule has 4 atom stereocenters. The average Bonchev–Trinajstić information content (AvgIpc) is 2.27. The van der Waals surface area contributed by atoms with Gasteiger partial charge < -0.3 is 28.4 Å². The van der Waals surface area contributed by atoms with E-state index in [1.54, 1.807) is 0 Å². The van der Waals surface area contributed by atoms with Crippen LogP contribution in [0.15, 0.2) is 209 Å².